The summed E-state index contributed by atoms with van der Waals surface area (Å²) in [5, 5.41) is 8.92. The van der Waals surface area contributed by atoms with E-state index in [4.69, 9.17) is 5.11 Å². The van der Waals surface area contributed by atoms with Gasteiger partial charge in [0.1, 0.15) is 0 Å². The predicted octanol–water partition coefficient (Wildman–Crippen LogP) is 2.97. The summed E-state index contributed by atoms with van der Waals surface area (Å²) in [6.07, 6.45) is 1.29. The van der Waals surface area contributed by atoms with E-state index in [1.165, 1.54) is 0 Å². The molecule has 0 spiro atoms. The summed E-state index contributed by atoms with van der Waals surface area (Å²) in [5.74, 6) is 0.200. The molecule has 0 aliphatic heterocycles. The molecule has 112 valence electrons. The normalized spacial score (nSPS) is 11.3. The molecule has 20 heavy (non-hydrogen) atoms. The van der Waals surface area contributed by atoms with Gasteiger partial charge in [-0.05, 0) is 46.2 Å². The van der Waals surface area contributed by atoms with Crippen molar-refractivity contribution in [3.05, 3.63) is 34.9 Å². The molecule has 0 saturated carbocycles. The van der Waals surface area contributed by atoms with Gasteiger partial charge >= 0.3 is 0 Å². The summed E-state index contributed by atoms with van der Waals surface area (Å²) in [4.78, 5) is 14.5. The number of hydrogen-bond acceptors (Lipinski definition) is 3. The molecule has 0 aromatic heterocycles. The second-order valence-electron chi connectivity index (χ2n) is 5.76. The Balaban J connectivity index is 2.60. The van der Waals surface area contributed by atoms with E-state index in [1.807, 2.05) is 26.0 Å². The summed E-state index contributed by atoms with van der Waals surface area (Å²) in [6.45, 7) is 10.1. The lowest BCUT2D eigenvalue weighted by atomic mass is 10.0. The van der Waals surface area contributed by atoms with Gasteiger partial charge in [-0.2, -0.15) is 0 Å². The number of carbonyl (C=O) groups is 1. The maximum absolute atomic E-state index is 12.3. The van der Waals surface area contributed by atoms with Crippen LogP contribution in [0.2, 0.25) is 0 Å². The molecule has 1 aromatic carbocycles. The molecule has 0 heterocycles. The van der Waals surface area contributed by atoms with Crippen molar-refractivity contribution in [3.63, 3.8) is 0 Å². The van der Waals surface area contributed by atoms with Crippen molar-refractivity contribution in [1.82, 2.24) is 4.90 Å². The Bertz CT molecular complexity index is 420. The third-order valence-electron chi connectivity index (χ3n) is 3.50. The number of ketones is 1. The van der Waals surface area contributed by atoms with E-state index < -0.39 is 0 Å². The first-order valence-corrected chi connectivity index (χ1v) is 7.40. The van der Waals surface area contributed by atoms with Gasteiger partial charge in [-0.1, -0.05) is 17.2 Å². The topological polar surface area (TPSA) is 40.5 Å². The number of aryl methyl sites for hydroxylation is 2. The van der Waals surface area contributed by atoms with E-state index in [-0.39, 0.29) is 12.4 Å². The van der Waals surface area contributed by atoms with Crippen molar-refractivity contribution in [1.29, 1.82) is 0 Å². The molecule has 0 amide bonds. The molecule has 0 unspecified atom stereocenters. The van der Waals surface area contributed by atoms with Crippen LogP contribution < -0.4 is 0 Å². The largest absolute Gasteiger partial charge is 0.396 e. The summed E-state index contributed by atoms with van der Waals surface area (Å²) >= 11 is 0. The number of carbonyl (C=O) groups excluding carboxylic acids is 1. The van der Waals surface area contributed by atoms with Crippen LogP contribution in [0, 0.1) is 13.8 Å². The highest BCUT2D eigenvalue weighted by Crippen LogP contribution is 2.12. The molecule has 0 bridgehead atoms. The molecule has 3 nitrogen and oxygen atoms in total. The molecule has 0 radical (unpaired) electrons. The first kappa shape index (κ1) is 16.9. The van der Waals surface area contributed by atoms with E-state index in [2.05, 4.69) is 24.8 Å². The lowest BCUT2D eigenvalue weighted by Gasteiger charge is -2.25. The SMILES string of the molecule is Cc1cc(C)cc(C(=O)CCN(CCCO)C(C)C)c1. The third kappa shape index (κ3) is 5.43. The van der Waals surface area contributed by atoms with Crippen molar-refractivity contribution in [3.8, 4) is 0 Å². The molecule has 1 aromatic rings. The molecule has 0 saturated heterocycles. The molecular formula is C17H27NO2. The fourth-order valence-electron chi connectivity index (χ4n) is 2.43. The molecule has 1 N–H and O–H groups in total. The smallest absolute Gasteiger partial charge is 0.164 e. The average molecular weight is 277 g/mol. The van der Waals surface area contributed by atoms with Crippen LogP contribution >= 0.6 is 0 Å². The monoisotopic (exact) mass is 277 g/mol. The Kier molecular flexibility index (Phi) is 6.89. The summed E-state index contributed by atoms with van der Waals surface area (Å²) in [7, 11) is 0. The Labute approximate surface area is 122 Å². The lowest BCUT2D eigenvalue weighted by Crippen LogP contribution is -2.34. The molecule has 3 heteroatoms. The second-order valence-corrected chi connectivity index (χ2v) is 5.76. The van der Waals surface area contributed by atoms with Crippen molar-refractivity contribution in [2.75, 3.05) is 19.7 Å². The van der Waals surface area contributed by atoms with Crippen molar-refractivity contribution < 1.29 is 9.90 Å². The fraction of sp³-hybridized carbons (Fsp3) is 0.588. The summed E-state index contributed by atoms with van der Waals surface area (Å²) in [6, 6.07) is 6.40. The molecule has 0 aliphatic rings. The minimum absolute atomic E-state index is 0.200. The van der Waals surface area contributed by atoms with Crippen LogP contribution in [0.15, 0.2) is 18.2 Å². The molecule has 1 rings (SSSR count). The minimum atomic E-state index is 0.200. The Morgan fingerprint density at radius 1 is 1.15 bits per heavy atom. The maximum atomic E-state index is 12.3. The van der Waals surface area contributed by atoms with Gasteiger partial charge in [-0.15, -0.1) is 0 Å². The van der Waals surface area contributed by atoms with Crippen molar-refractivity contribution in [2.24, 2.45) is 0 Å². The Hall–Kier alpha value is -1.19. The highest BCUT2D eigenvalue weighted by atomic mass is 16.3. The number of benzene rings is 1. The number of aliphatic hydroxyl groups is 1. The molecule has 0 fully saturated rings. The van der Waals surface area contributed by atoms with Crippen LogP contribution in [-0.4, -0.2) is 41.5 Å². The highest BCUT2D eigenvalue weighted by molar-refractivity contribution is 5.96. The van der Waals surface area contributed by atoms with Gasteiger partial charge in [0.05, 0.1) is 0 Å². The minimum Gasteiger partial charge on any atom is -0.396 e. The lowest BCUT2D eigenvalue weighted by molar-refractivity contribution is 0.0952. The molecular weight excluding hydrogens is 250 g/mol. The summed E-state index contributed by atoms with van der Waals surface area (Å²) in [5.41, 5.74) is 3.08. The average Bonchev–Trinajstić information content (AvgIpc) is 2.36. The number of nitrogens with zero attached hydrogens (tertiary/aromatic N) is 1. The van der Waals surface area contributed by atoms with Gasteiger partial charge in [-0.3, -0.25) is 4.79 Å². The molecule has 0 aliphatic carbocycles. The third-order valence-corrected chi connectivity index (χ3v) is 3.50. The van der Waals surface area contributed by atoms with Crippen LogP contribution in [-0.2, 0) is 0 Å². The van der Waals surface area contributed by atoms with E-state index in [0.717, 1.165) is 36.2 Å². The number of hydrogen-bond donors (Lipinski definition) is 1. The van der Waals surface area contributed by atoms with E-state index in [9.17, 15) is 4.79 Å². The zero-order valence-electron chi connectivity index (χ0n) is 13.1. The van der Waals surface area contributed by atoms with Gasteiger partial charge in [0.2, 0.25) is 0 Å². The second kappa shape index (κ2) is 8.18. The van der Waals surface area contributed by atoms with Crippen LogP contribution in [0.5, 0.6) is 0 Å². The van der Waals surface area contributed by atoms with E-state index >= 15 is 0 Å². The van der Waals surface area contributed by atoms with Gasteiger partial charge < -0.3 is 10.0 Å². The maximum Gasteiger partial charge on any atom is 0.164 e. The highest BCUT2D eigenvalue weighted by Gasteiger charge is 2.13. The van der Waals surface area contributed by atoms with Gasteiger partial charge in [0, 0.05) is 37.7 Å². The van der Waals surface area contributed by atoms with Gasteiger partial charge in [0.15, 0.2) is 5.78 Å². The Morgan fingerprint density at radius 2 is 1.75 bits per heavy atom. The van der Waals surface area contributed by atoms with Crippen LogP contribution in [0.1, 0.15) is 48.2 Å². The first-order chi connectivity index (χ1) is 9.43. The van der Waals surface area contributed by atoms with E-state index in [0.29, 0.717) is 12.5 Å². The van der Waals surface area contributed by atoms with Gasteiger partial charge in [-0.25, -0.2) is 0 Å². The van der Waals surface area contributed by atoms with Gasteiger partial charge in [0.25, 0.3) is 0 Å². The molecule has 0 atom stereocenters. The Morgan fingerprint density at radius 3 is 2.25 bits per heavy atom. The van der Waals surface area contributed by atoms with Crippen molar-refractivity contribution >= 4 is 5.78 Å². The van der Waals surface area contributed by atoms with Crippen LogP contribution in [0.25, 0.3) is 0 Å². The number of aliphatic hydroxyl groups excluding tert-OH is 1. The summed E-state index contributed by atoms with van der Waals surface area (Å²) < 4.78 is 0. The number of Topliss-reactive ketones (excluding diaryl/α,β-unsaturated/α-hetero) is 1. The van der Waals surface area contributed by atoms with Crippen LogP contribution in [0.3, 0.4) is 0 Å². The standard InChI is InChI=1S/C17H27NO2/c1-13(2)18(7-5-9-19)8-6-17(20)16-11-14(3)10-15(4)12-16/h10-13,19H,5-9H2,1-4H3. The van der Waals surface area contributed by atoms with Crippen LogP contribution in [0.4, 0.5) is 0 Å². The quantitative estimate of drug-likeness (QED) is 0.743. The zero-order valence-corrected chi connectivity index (χ0v) is 13.1. The fourth-order valence-corrected chi connectivity index (χ4v) is 2.43. The zero-order chi connectivity index (χ0) is 15.1. The van der Waals surface area contributed by atoms with E-state index in [1.54, 1.807) is 0 Å². The predicted molar refractivity (Wildman–Crippen MR) is 83.3 cm³/mol. The van der Waals surface area contributed by atoms with Crippen molar-refractivity contribution in [2.45, 2.75) is 46.6 Å². The number of rotatable bonds is 8. The first-order valence-electron chi connectivity index (χ1n) is 7.40.